The fraction of sp³-hybridized carbons (Fsp3) is 0.588. The van der Waals surface area contributed by atoms with Crippen LogP contribution in [0.25, 0.3) is 0 Å². The summed E-state index contributed by atoms with van der Waals surface area (Å²) in [7, 11) is 0. The van der Waals surface area contributed by atoms with Crippen molar-refractivity contribution in [3.63, 3.8) is 0 Å². The molecule has 2 fully saturated rings. The number of hydrogen-bond donors (Lipinski definition) is 1. The molecule has 1 aromatic rings. The van der Waals surface area contributed by atoms with E-state index in [2.05, 4.69) is 10.2 Å². The van der Waals surface area contributed by atoms with Gasteiger partial charge in [-0.15, -0.1) is 11.8 Å². The summed E-state index contributed by atoms with van der Waals surface area (Å²) in [5.74, 6) is 0. The number of para-hydroxylation sites is 1. The number of nitrogens with one attached hydrogen (secondary N) is 1. The molecule has 5 nitrogen and oxygen atoms in total. The molecule has 0 bridgehead atoms. The molecule has 126 valence electrons. The van der Waals surface area contributed by atoms with E-state index in [0.717, 1.165) is 62.0 Å². The van der Waals surface area contributed by atoms with Crippen molar-refractivity contribution in [2.75, 3.05) is 51.0 Å². The first-order valence-corrected chi connectivity index (χ1v) is 9.43. The minimum absolute atomic E-state index is 0.0189. The minimum Gasteiger partial charge on any atom is -0.379 e. The van der Waals surface area contributed by atoms with Gasteiger partial charge >= 0.3 is 6.03 Å². The standard InChI is InChI=1S/C17H25N3O2S/c1-13-4-3-5-15(23-2)16(13)18-17(21)20-7-6-14(12-20)19-8-10-22-11-9-19/h3-5,14H,6-12H2,1-2H3,(H,18,21)/t14-/m0/s1. The van der Waals surface area contributed by atoms with Gasteiger partial charge < -0.3 is 15.0 Å². The monoisotopic (exact) mass is 335 g/mol. The van der Waals surface area contributed by atoms with Crippen molar-refractivity contribution in [3.05, 3.63) is 23.8 Å². The fourth-order valence-electron chi connectivity index (χ4n) is 3.32. The van der Waals surface area contributed by atoms with Crippen molar-refractivity contribution in [2.45, 2.75) is 24.3 Å². The quantitative estimate of drug-likeness (QED) is 0.863. The molecule has 6 heteroatoms. The Bertz CT molecular complexity index is 561. The number of amides is 2. The molecule has 2 amide bonds. The Kier molecular flexibility index (Phi) is 5.46. The fourth-order valence-corrected chi connectivity index (χ4v) is 3.95. The zero-order valence-corrected chi connectivity index (χ0v) is 14.7. The summed E-state index contributed by atoms with van der Waals surface area (Å²) in [4.78, 5) is 18.1. The van der Waals surface area contributed by atoms with E-state index in [4.69, 9.17) is 4.74 Å². The molecular weight excluding hydrogens is 310 g/mol. The average Bonchev–Trinajstić information content (AvgIpc) is 3.07. The molecule has 0 aromatic heterocycles. The van der Waals surface area contributed by atoms with Crippen molar-refractivity contribution in [2.24, 2.45) is 0 Å². The van der Waals surface area contributed by atoms with Crippen molar-refractivity contribution in [1.82, 2.24) is 9.80 Å². The Morgan fingerprint density at radius 3 is 2.83 bits per heavy atom. The summed E-state index contributed by atoms with van der Waals surface area (Å²) < 4.78 is 5.41. The molecule has 1 aromatic carbocycles. The number of hydrogen-bond acceptors (Lipinski definition) is 4. The van der Waals surface area contributed by atoms with Gasteiger partial charge in [-0.25, -0.2) is 4.79 Å². The van der Waals surface area contributed by atoms with Gasteiger partial charge in [-0.05, 0) is 31.2 Å². The van der Waals surface area contributed by atoms with E-state index in [1.807, 2.05) is 36.3 Å². The van der Waals surface area contributed by atoms with Crippen LogP contribution in [0.2, 0.25) is 0 Å². The first-order chi connectivity index (χ1) is 11.2. The largest absolute Gasteiger partial charge is 0.379 e. The van der Waals surface area contributed by atoms with Crippen molar-refractivity contribution < 1.29 is 9.53 Å². The van der Waals surface area contributed by atoms with E-state index in [9.17, 15) is 4.79 Å². The molecule has 2 aliphatic rings. The third kappa shape index (κ3) is 3.82. The van der Waals surface area contributed by atoms with Crippen LogP contribution in [0, 0.1) is 6.92 Å². The molecule has 0 spiro atoms. The zero-order chi connectivity index (χ0) is 16.2. The lowest BCUT2D eigenvalue weighted by Gasteiger charge is -2.32. The smallest absolute Gasteiger partial charge is 0.321 e. The zero-order valence-electron chi connectivity index (χ0n) is 13.9. The van der Waals surface area contributed by atoms with Crippen LogP contribution < -0.4 is 5.32 Å². The third-order valence-electron chi connectivity index (χ3n) is 4.70. The van der Waals surface area contributed by atoms with Crippen LogP contribution >= 0.6 is 11.8 Å². The molecule has 1 atom stereocenters. The van der Waals surface area contributed by atoms with Crippen molar-refractivity contribution >= 4 is 23.5 Å². The van der Waals surface area contributed by atoms with Gasteiger partial charge in [0.05, 0.1) is 18.9 Å². The number of nitrogens with zero attached hydrogens (tertiary/aromatic N) is 2. The van der Waals surface area contributed by atoms with Crippen molar-refractivity contribution in [1.29, 1.82) is 0 Å². The lowest BCUT2D eigenvalue weighted by atomic mass is 10.2. The molecule has 1 N–H and O–H groups in total. The van der Waals surface area contributed by atoms with E-state index in [0.29, 0.717) is 6.04 Å². The Balaban J connectivity index is 1.61. The number of rotatable bonds is 3. The second kappa shape index (κ2) is 7.55. The van der Waals surface area contributed by atoms with E-state index in [1.165, 1.54) is 0 Å². The maximum atomic E-state index is 12.6. The lowest BCUT2D eigenvalue weighted by Crippen LogP contribution is -2.45. The Morgan fingerprint density at radius 2 is 2.09 bits per heavy atom. The number of benzene rings is 1. The Hall–Kier alpha value is -1.24. The maximum Gasteiger partial charge on any atom is 0.321 e. The highest BCUT2D eigenvalue weighted by Crippen LogP contribution is 2.29. The number of aryl methyl sites for hydroxylation is 1. The van der Waals surface area contributed by atoms with Crippen LogP contribution in [0.15, 0.2) is 23.1 Å². The maximum absolute atomic E-state index is 12.6. The Labute approximate surface area is 142 Å². The lowest BCUT2D eigenvalue weighted by molar-refractivity contribution is 0.0192. The topological polar surface area (TPSA) is 44.8 Å². The van der Waals surface area contributed by atoms with Gasteiger partial charge in [0.15, 0.2) is 0 Å². The summed E-state index contributed by atoms with van der Waals surface area (Å²) in [6.45, 7) is 7.26. The molecule has 0 radical (unpaired) electrons. The summed E-state index contributed by atoms with van der Waals surface area (Å²) >= 11 is 1.66. The van der Waals surface area contributed by atoms with E-state index < -0.39 is 0 Å². The van der Waals surface area contributed by atoms with Crippen molar-refractivity contribution in [3.8, 4) is 0 Å². The SMILES string of the molecule is CSc1cccc(C)c1NC(=O)N1CC[C@H](N2CCOCC2)C1. The molecule has 2 saturated heterocycles. The van der Waals surface area contributed by atoms with Crippen LogP contribution in [0.3, 0.4) is 0 Å². The van der Waals surface area contributed by atoms with Gasteiger partial charge in [0.25, 0.3) is 0 Å². The highest BCUT2D eigenvalue weighted by atomic mass is 32.2. The van der Waals surface area contributed by atoms with Gasteiger partial charge in [0, 0.05) is 37.1 Å². The molecule has 23 heavy (non-hydrogen) atoms. The molecular formula is C17H25N3O2S. The Morgan fingerprint density at radius 1 is 1.30 bits per heavy atom. The van der Waals surface area contributed by atoms with Crippen LogP contribution in [0.5, 0.6) is 0 Å². The molecule has 2 heterocycles. The van der Waals surface area contributed by atoms with E-state index in [1.54, 1.807) is 11.8 Å². The highest BCUT2D eigenvalue weighted by molar-refractivity contribution is 7.98. The summed E-state index contributed by atoms with van der Waals surface area (Å²) in [6, 6.07) is 6.61. The number of urea groups is 1. The van der Waals surface area contributed by atoms with E-state index >= 15 is 0 Å². The summed E-state index contributed by atoms with van der Waals surface area (Å²) in [5, 5.41) is 3.12. The average molecular weight is 335 g/mol. The number of morpholine rings is 1. The predicted octanol–water partition coefficient (Wildman–Crippen LogP) is 2.66. The van der Waals surface area contributed by atoms with E-state index in [-0.39, 0.29) is 6.03 Å². The van der Waals surface area contributed by atoms with Crippen LogP contribution in [0.1, 0.15) is 12.0 Å². The van der Waals surface area contributed by atoms with Gasteiger partial charge in [-0.3, -0.25) is 4.90 Å². The predicted molar refractivity (Wildman–Crippen MR) is 94.3 cm³/mol. The van der Waals surface area contributed by atoms with Crippen LogP contribution in [-0.2, 0) is 4.74 Å². The number of anilines is 1. The number of ether oxygens (including phenoxy) is 1. The first kappa shape index (κ1) is 16.6. The first-order valence-electron chi connectivity index (χ1n) is 8.20. The number of likely N-dealkylation sites (tertiary alicyclic amines) is 1. The summed E-state index contributed by atoms with van der Waals surface area (Å²) in [6.07, 6.45) is 3.09. The van der Waals surface area contributed by atoms with Gasteiger partial charge in [-0.2, -0.15) is 0 Å². The number of carbonyl (C=O) groups is 1. The number of thioether (sulfide) groups is 1. The molecule has 0 saturated carbocycles. The van der Waals surface area contributed by atoms with Gasteiger partial charge in [-0.1, -0.05) is 12.1 Å². The second-order valence-electron chi connectivity index (χ2n) is 6.12. The molecule has 0 unspecified atom stereocenters. The molecule has 0 aliphatic carbocycles. The molecule has 2 aliphatic heterocycles. The van der Waals surface area contributed by atoms with Crippen LogP contribution in [0.4, 0.5) is 10.5 Å². The highest BCUT2D eigenvalue weighted by Gasteiger charge is 2.31. The molecule has 3 rings (SSSR count). The van der Waals surface area contributed by atoms with Crippen LogP contribution in [-0.4, -0.2) is 67.5 Å². The number of carbonyl (C=O) groups excluding carboxylic acids is 1. The minimum atomic E-state index is 0.0189. The van der Waals surface area contributed by atoms with Gasteiger partial charge in [0.1, 0.15) is 0 Å². The second-order valence-corrected chi connectivity index (χ2v) is 6.97. The summed E-state index contributed by atoms with van der Waals surface area (Å²) in [5.41, 5.74) is 2.05. The normalized spacial score (nSPS) is 22.3. The van der Waals surface area contributed by atoms with Gasteiger partial charge in [0.2, 0.25) is 0 Å². The third-order valence-corrected chi connectivity index (χ3v) is 5.48.